The van der Waals surface area contributed by atoms with Gasteiger partial charge in [0.2, 0.25) is 0 Å². The summed E-state index contributed by atoms with van der Waals surface area (Å²) in [5.41, 5.74) is 4.39. The molecule has 5 nitrogen and oxygen atoms in total. The van der Waals surface area contributed by atoms with E-state index in [1.807, 2.05) is 47.4 Å². The highest BCUT2D eigenvalue weighted by Gasteiger charge is 2.23. The highest BCUT2D eigenvalue weighted by atomic mass is 16.2. The average molecular weight is 385 g/mol. The summed E-state index contributed by atoms with van der Waals surface area (Å²) in [6, 6.07) is 19.7. The predicted octanol–water partition coefficient (Wildman–Crippen LogP) is 3.55. The Morgan fingerprint density at radius 2 is 1.66 bits per heavy atom. The third kappa shape index (κ3) is 4.19. The fourth-order valence-electron chi connectivity index (χ4n) is 3.67. The summed E-state index contributed by atoms with van der Waals surface area (Å²) in [4.78, 5) is 33.4. The fraction of sp³-hybridized carbons (Fsp3) is 0.208. The zero-order valence-corrected chi connectivity index (χ0v) is 16.4. The van der Waals surface area contributed by atoms with Crippen molar-refractivity contribution >= 4 is 11.8 Å². The predicted molar refractivity (Wildman–Crippen MR) is 111 cm³/mol. The molecule has 29 heavy (non-hydrogen) atoms. The average Bonchev–Trinajstić information content (AvgIpc) is 2.78. The van der Waals surface area contributed by atoms with Crippen LogP contribution in [0.25, 0.3) is 0 Å². The number of benzene rings is 2. The first-order valence-corrected chi connectivity index (χ1v) is 9.72. The van der Waals surface area contributed by atoms with Crippen LogP contribution in [0.1, 0.15) is 37.4 Å². The smallest absolute Gasteiger partial charge is 0.255 e. The quantitative estimate of drug-likeness (QED) is 0.690. The van der Waals surface area contributed by atoms with Crippen LogP contribution in [0.4, 0.5) is 0 Å². The summed E-state index contributed by atoms with van der Waals surface area (Å²) >= 11 is 0. The summed E-state index contributed by atoms with van der Waals surface area (Å²) in [7, 11) is 1.76. The van der Waals surface area contributed by atoms with Crippen LogP contribution in [0.5, 0.6) is 0 Å². The first-order chi connectivity index (χ1) is 14.1. The molecule has 0 fully saturated rings. The van der Waals surface area contributed by atoms with Crippen LogP contribution in [0.15, 0.2) is 73.1 Å². The monoisotopic (exact) mass is 385 g/mol. The van der Waals surface area contributed by atoms with E-state index in [2.05, 4.69) is 17.1 Å². The van der Waals surface area contributed by atoms with Crippen molar-refractivity contribution in [2.24, 2.45) is 0 Å². The number of hydrogen-bond donors (Lipinski definition) is 0. The molecular formula is C24H23N3O2. The Morgan fingerprint density at radius 3 is 2.45 bits per heavy atom. The Hall–Kier alpha value is -3.47. The van der Waals surface area contributed by atoms with Crippen molar-refractivity contribution in [2.45, 2.75) is 19.5 Å². The van der Waals surface area contributed by atoms with E-state index in [1.54, 1.807) is 18.0 Å². The van der Waals surface area contributed by atoms with Crippen molar-refractivity contribution in [3.05, 3.63) is 101 Å². The highest BCUT2D eigenvalue weighted by molar-refractivity contribution is 5.99. The van der Waals surface area contributed by atoms with Crippen LogP contribution >= 0.6 is 0 Å². The van der Waals surface area contributed by atoms with E-state index in [0.717, 1.165) is 12.0 Å². The second kappa shape index (κ2) is 8.27. The Labute approximate surface area is 170 Å². The summed E-state index contributed by atoms with van der Waals surface area (Å²) in [6.45, 7) is 1.75. The number of rotatable bonds is 4. The van der Waals surface area contributed by atoms with E-state index in [1.165, 1.54) is 23.5 Å². The van der Waals surface area contributed by atoms with E-state index >= 15 is 0 Å². The number of nitrogens with zero attached hydrogens (tertiary/aromatic N) is 3. The van der Waals surface area contributed by atoms with Gasteiger partial charge in [-0.3, -0.25) is 14.6 Å². The van der Waals surface area contributed by atoms with Gasteiger partial charge in [0.05, 0.1) is 11.1 Å². The third-order valence-corrected chi connectivity index (χ3v) is 5.26. The molecule has 0 bridgehead atoms. The van der Waals surface area contributed by atoms with Crippen LogP contribution in [-0.2, 0) is 19.5 Å². The Kier molecular flexibility index (Phi) is 5.38. The normalized spacial score (nSPS) is 12.9. The molecule has 3 aromatic rings. The molecule has 0 unspecified atom stereocenters. The van der Waals surface area contributed by atoms with Gasteiger partial charge in [-0.1, -0.05) is 54.6 Å². The van der Waals surface area contributed by atoms with Gasteiger partial charge in [-0.15, -0.1) is 0 Å². The van der Waals surface area contributed by atoms with E-state index in [9.17, 15) is 9.59 Å². The van der Waals surface area contributed by atoms with Crippen molar-refractivity contribution < 1.29 is 9.59 Å². The summed E-state index contributed by atoms with van der Waals surface area (Å²) in [6.07, 6.45) is 3.90. The molecule has 2 heterocycles. The molecular weight excluding hydrogens is 362 g/mol. The van der Waals surface area contributed by atoms with E-state index in [4.69, 9.17) is 0 Å². The van der Waals surface area contributed by atoms with Crippen LogP contribution in [0, 0.1) is 0 Å². The largest absolute Gasteiger partial charge is 0.337 e. The van der Waals surface area contributed by atoms with Gasteiger partial charge in [0.1, 0.15) is 0 Å². The van der Waals surface area contributed by atoms with Crippen molar-refractivity contribution in [2.75, 3.05) is 13.6 Å². The molecule has 0 saturated heterocycles. The second-order valence-electron chi connectivity index (χ2n) is 7.35. The standard InChI is InChI=1S/C24H23N3O2/c1-26(16-18-7-3-2-4-8-18)23(28)21-13-22(15-25-14-21)24(29)27-12-11-19-9-5-6-10-20(19)17-27/h2-10,13-15H,11-12,16-17H2,1H3. The molecule has 1 aliphatic heterocycles. The van der Waals surface area contributed by atoms with E-state index < -0.39 is 0 Å². The molecule has 2 aromatic carbocycles. The molecule has 0 radical (unpaired) electrons. The minimum absolute atomic E-state index is 0.0904. The van der Waals surface area contributed by atoms with Crippen molar-refractivity contribution in [3.63, 3.8) is 0 Å². The number of pyridine rings is 1. The zero-order chi connectivity index (χ0) is 20.2. The van der Waals surface area contributed by atoms with Gasteiger partial charge in [-0.25, -0.2) is 0 Å². The zero-order valence-electron chi connectivity index (χ0n) is 16.4. The van der Waals surface area contributed by atoms with Gasteiger partial charge in [-0.05, 0) is 29.2 Å². The Balaban J connectivity index is 1.48. The molecule has 0 spiro atoms. The number of carbonyl (C=O) groups excluding carboxylic acids is 2. The van der Waals surface area contributed by atoms with Gasteiger partial charge in [0.15, 0.2) is 0 Å². The molecule has 4 rings (SSSR count). The van der Waals surface area contributed by atoms with Gasteiger partial charge < -0.3 is 9.80 Å². The lowest BCUT2D eigenvalue weighted by molar-refractivity contribution is 0.0734. The minimum atomic E-state index is -0.153. The van der Waals surface area contributed by atoms with Crippen LogP contribution in [0.2, 0.25) is 0 Å². The van der Waals surface area contributed by atoms with Crippen molar-refractivity contribution in [1.29, 1.82) is 0 Å². The molecule has 0 saturated carbocycles. The first kappa shape index (κ1) is 18.9. The second-order valence-corrected chi connectivity index (χ2v) is 7.35. The highest BCUT2D eigenvalue weighted by Crippen LogP contribution is 2.20. The van der Waals surface area contributed by atoms with E-state index in [0.29, 0.717) is 30.8 Å². The number of fused-ring (bicyclic) bond motifs is 1. The molecule has 0 atom stereocenters. The summed E-state index contributed by atoms with van der Waals surface area (Å²) in [5.74, 6) is -0.243. The van der Waals surface area contributed by atoms with Crippen LogP contribution < -0.4 is 0 Å². The number of carbonyl (C=O) groups is 2. The number of aromatic nitrogens is 1. The molecule has 1 aliphatic rings. The Morgan fingerprint density at radius 1 is 0.966 bits per heavy atom. The lowest BCUT2D eigenvalue weighted by Crippen LogP contribution is -2.36. The van der Waals surface area contributed by atoms with Crippen LogP contribution in [0.3, 0.4) is 0 Å². The molecule has 2 amide bonds. The first-order valence-electron chi connectivity index (χ1n) is 9.72. The number of amides is 2. The third-order valence-electron chi connectivity index (χ3n) is 5.26. The van der Waals surface area contributed by atoms with Gasteiger partial charge in [-0.2, -0.15) is 0 Å². The maximum absolute atomic E-state index is 13.0. The van der Waals surface area contributed by atoms with Crippen molar-refractivity contribution in [1.82, 2.24) is 14.8 Å². The van der Waals surface area contributed by atoms with Gasteiger partial charge in [0, 0.05) is 39.1 Å². The van der Waals surface area contributed by atoms with Gasteiger partial charge >= 0.3 is 0 Å². The maximum atomic E-state index is 13.0. The molecule has 0 N–H and O–H groups in total. The molecule has 1 aromatic heterocycles. The molecule has 0 aliphatic carbocycles. The topological polar surface area (TPSA) is 53.5 Å². The van der Waals surface area contributed by atoms with Crippen LogP contribution in [-0.4, -0.2) is 40.2 Å². The molecule has 5 heteroatoms. The minimum Gasteiger partial charge on any atom is -0.337 e. The summed E-state index contributed by atoms with van der Waals surface area (Å²) in [5, 5.41) is 0. The maximum Gasteiger partial charge on any atom is 0.255 e. The molecule has 146 valence electrons. The lowest BCUT2D eigenvalue weighted by atomic mass is 9.99. The van der Waals surface area contributed by atoms with E-state index in [-0.39, 0.29) is 11.8 Å². The van der Waals surface area contributed by atoms with Crippen molar-refractivity contribution in [3.8, 4) is 0 Å². The Bertz CT molecular complexity index is 1030. The van der Waals surface area contributed by atoms with Gasteiger partial charge in [0.25, 0.3) is 11.8 Å². The fourth-order valence-corrected chi connectivity index (χ4v) is 3.67. The SMILES string of the molecule is CN(Cc1ccccc1)C(=O)c1cncc(C(=O)N2CCc3ccccc3C2)c1. The summed E-state index contributed by atoms with van der Waals surface area (Å²) < 4.78 is 0. The lowest BCUT2D eigenvalue weighted by Gasteiger charge is -2.29. The number of hydrogen-bond acceptors (Lipinski definition) is 3.